The molecular formula is C33H42NO2+. The Kier molecular flexibility index (Phi) is 8.79. The lowest BCUT2D eigenvalue weighted by molar-refractivity contribution is -0.705. The van der Waals surface area contributed by atoms with Gasteiger partial charge in [0.25, 0.3) is 0 Å². The third kappa shape index (κ3) is 9.03. The van der Waals surface area contributed by atoms with Crippen LogP contribution < -0.4 is 14.0 Å². The first-order valence-corrected chi connectivity index (χ1v) is 12.9. The maximum absolute atomic E-state index is 5.95. The molecule has 0 saturated carbocycles. The molecule has 0 atom stereocenters. The lowest BCUT2D eigenvalue weighted by Gasteiger charge is -2.21. The van der Waals surface area contributed by atoms with Gasteiger partial charge in [-0.05, 0) is 95.2 Å². The summed E-state index contributed by atoms with van der Waals surface area (Å²) in [5, 5.41) is 0. The van der Waals surface area contributed by atoms with E-state index < -0.39 is 0 Å². The number of nitrogens with zero attached hydrogens (tertiary/aromatic N) is 1. The monoisotopic (exact) mass is 484 g/mol. The molecule has 0 amide bonds. The van der Waals surface area contributed by atoms with E-state index in [9.17, 15) is 0 Å². The number of rotatable bonds is 8. The van der Waals surface area contributed by atoms with Crippen LogP contribution in [0, 0.1) is 5.92 Å². The Bertz CT molecular complexity index is 1080. The van der Waals surface area contributed by atoms with Gasteiger partial charge in [-0.15, -0.1) is 0 Å². The third-order valence-corrected chi connectivity index (χ3v) is 5.21. The predicted molar refractivity (Wildman–Crippen MR) is 153 cm³/mol. The van der Waals surface area contributed by atoms with Crippen LogP contribution in [0.25, 0.3) is 24.3 Å². The smallest absolute Gasteiger partial charge is 0.205 e. The highest BCUT2D eigenvalue weighted by molar-refractivity contribution is 5.69. The number of ether oxygens (including phenoxy) is 2. The molecule has 0 N–H and O–H groups in total. The van der Waals surface area contributed by atoms with Crippen molar-refractivity contribution in [1.29, 1.82) is 0 Å². The Hall–Kier alpha value is -3.33. The van der Waals surface area contributed by atoms with Gasteiger partial charge in [0.05, 0.1) is 0 Å². The Morgan fingerprint density at radius 1 is 0.611 bits per heavy atom. The molecule has 0 aliphatic rings. The Morgan fingerprint density at radius 2 is 1.00 bits per heavy atom. The van der Waals surface area contributed by atoms with Crippen LogP contribution in [0.3, 0.4) is 0 Å². The lowest BCUT2D eigenvalue weighted by Crippen LogP contribution is -2.42. The standard InChI is InChI=1S/C33H42NO2/c1-25(2)24-34-28(18-12-26-14-20-30(21-15-26)35-32(3,4)5)10-9-11-29(34)19-13-27-16-22-31(23-17-27)36-33(6,7)8/h9-23,25H,24H2,1-8H3/q+1/b18-12+,19-13+. The zero-order valence-electron chi connectivity index (χ0n) is 23.2. The molecule has 3 aromatic rings. The van der Waals surface area contributed by atoms with Crippen LogP contribution in [0.5, 0.6) is 11.5 Å². The lowest BCUT2D eigenvalue weighted by atomic mass is 10.1. The van der Waals surface area contributed by atoms with Crippen molar-refractivity contribution in [3.63, 3.8) is 0 Å². The molecule has 1 aromatic heterocycles. The van der Waals surface area contributed by atoms with E-state index in [4.69, 9.17) is 9.47 Å². The predicted octanol–water partition coefficient (Wildman–Crippen LogP) is 8.33. The number of pyridine rings is 1. The van der Waals surface area contributed by atoms with Crippen LogP contribution in [0.2, 0.25) is 0 Å². The second-order valence-electron chi connectivity index (χ2n) is 11.6. The van der Waals surface area contributed by atoms with E-state index in [-0.39, 0.29) is 11.2 Å². The van der Waals surface area contributed by atoms with Crippen LogP contribution in [-0.2, 0) is 6.54 Å². The summed E-state index contributed by atoms with van der Waals surface area (Å²) in [5.41, 5.74) is 4.24. The summed E-state index contributed by atoms with van der Waals surface area (Å²) in [6, 6.07) is 23.0. The minimum Gasteiger partial charge on any atom is -0.488 e. The van der Waals surface area contributed by atoms with Crippen molar-refractivity contribution in [1.82, 2.24) is 0 Å². The van der Waals surface area contributed by atoms with E-state index in [1.54, 1.807) is 0 Å². The molecule has 0 aliphatic carbocycles. The minimum absolute atomic E-state index is 0.198. The summed E-state index contributed by atoms with van der Waals surface area (Å²) < 4.78 is 14.3. The fourth-order valence-electron chi connectivity index (χ4n) is 3.81. The number of benzene rings is 2. The van der Waals surface area contributed by atoms with Gasteiger partial charge in [-0.25, -0.2) is 0 Å². The quantitative estimate of drug-likeness (QED) is 0.300. The van der Waals surface area contributed by atoms with Gasteiger partial charge < -0.3 is 9.47 Å². The number of hydrogen-bond donors (Lipinski definition) is 0. The van der Waals surface area contributed by atoms with Gasteiger partial charge in [-0.2, -0.15) is 4.57 Å². The summed E-state index contributed by atoms with van der Waals surface area (Å²) in [6.45, 7) is 17.8. The van der Waals surface area contributed by atoms with Crippen LogP contribution >= 0.6 is 0 Å². The van der Waals surface area contributed by atoms with E-state index >= 15 is 0 Å². The second kappa shape index (κ2) is 11.6. The first-order chi connectivity index (χ1) is 16.9. The molecule has 0 spiro atoms. The zero-order valence-corrected chi connectivity index (χ0v) is 23.2. The Balaban J connectivity index is 1.82. The largest absolute Gasteiger partial charge is 0.488 e. The van der Waals surface area contributed by atoms with Crippen molar-refractivity contribution in [3.8, 4) is 11.5 Å². The normalized spacial score (nSPS) is 12.6. The van der Waals surface area contributed by atoms with E-state index in [2.05, 4.69) is 127 Å². The van der Waals surface area contributed by atoms with E-state index in [0.717, 1.165) is 29.2 Å². The molecule has 36 heavy (non-hydrogen) atoms. The van der Waals surface area contributed by atoms with Crippen LogP contribution in [-0.4, -0.2) is 11.2 Å². The average molecular weight is 485 g/mol. The van der Waals surface area contributed by atoms with E-state index in [0.29, 0.717) is 5.92 Å². The van der Waals surface area contributed by atoms with Crippen molar-refractivity contribution in [2.45, 2.75) is 73.1 Å². The minimum atomic E-state index is -0.198. The average Bonchev–Trinajstić information content (AvgIpc) is 2.77. The zero-order chi connectivity index (χ0) is 26.3. The summed E-state index contributed by atoms with van der Waals surface area (Å²) in [7, 11) is 0. The van der Waals surface area contributed by atoms with Gasteiger partial charge in [0.15, 0.2) is 6.54 Å². The fraction of sp³-hybridized carbons (Fsp3) is 0.364. The Labute approximate surface area is 218 Å². The summed E-state index contributed by atoms with van der Waals surface area (Å²) in [5.74, 6) is 2.30. The van der Waals surface area contributed by atoms with Crippen LogP contribution in [0.1, 0.15) is 77.9 Å². The van der Waals surface area contributed by atoms with Gasteiger partial charge in [0.2, 0.25) is 11.4 Å². The maximum atomic E-state index is 5.95. The summed E-state index contributed by atoms with van der Waals surface area (Å²) >= 11 is 0. The van der Waals surface area contributed by atoms with Crippen molar-refractivity contribution in [2.75, 3.05) is 0 Å². The SMILES string of the molecule is CC(C)C[n+]1c(/C=C/c2ccc(OC(C)(C)C)cc2)cccc1/C=C/c1ccc(OC(C)(C)C)cc1. The molecular weight excluding hydrogens is 442 g/mol. The van der Waals surface area contributed by atoms with Crippen molar-refractivity contribution in [3.05, 3.63) is 89.2 Å². The molecule has 0 radical (unpaired) electrons. The molecule has 2 aromatic carbocycles. The molecule has 0 unspecified atom stereocenters. The van der Waals surface area contributed by atoms with Gasteiger partial charge in [0, 0.05) is 30.2 Å². The number of aromatic nitrogens is 1. The van der Waals surface area contributed by atoms with Crippen LogP contribution in [0.15, 0.2) is 66.7 Å². The second-order valence-corrected chi connectivity index (χ2v) is 11.6. The third-order valence-electron chi connectivity index (χ3n) is 5.21. The van der Waals surface area contributed by atoms with Crippen molar-refractivity contribution >= 4 is 24.3 Å². The van der Waals surface area contributed by atoms with Crippen molar-refractivity contribution < 1.29 is 14.0 Å². The molecule has 3 nitrogen and oxygen atoms in total. The molecule has 1 heterocycles. The van der Waals surface area contributed by atoms with Gasteiger partial charge in [-0.3, -0.25) is 0 Å². The molecule has 3 rings (SSSR count). The van der Waals surface area contributed by atoms with Gasteiger partial charge in [0.1, 0.15) is 22.7 Å². The van der Waals surface area contributed by atoms with Crippen molar-refractivity contribution in [2.24, 2.45) is 5.92 Å². The maximum Gasteiger partial charge on any atom is 0.205 e. The fourth-order valence-corrected chi connectivity index (χ4v) is 3.81. The molecule has 0 saturated heterocycles. The molecule has 0 fully saturated rings. The molecule has 0 bridgehead atoms. The molecule has 0 aliphatic heterocycles. The van der Waals surface area contributed by atoms with E-state index in [1.807, 2.05) is 24.3 Å². The van der Waals surface area contributed by atoms with Crippen LogP contribution in [0.4, 0.5) is 0 Å². The Morgan fingerprint density at radius 3 is 1.33 bits per heavy atom. The topological polar surface area (TPSA) is 22.3 Å². The first-order valence-electron chi connectivity index (χ1n) is 12.9. The van der Waals surface area contributed by atoms with Gasteiger partial charge >= 0.3 is 0 Å². The molecule has 190 valence electrons. The highest BCUT2D eigenvalue weighted by Gasteiger charge is 2.15. The van der Waals surface area contributed by atoms with Gasteiger partial charge in [-0.1, -0.05) is 38.1 Å². The van der Waals surface area contributed by atoms with E-state index in [1.165, 1.54) is 11.4 Å². The number of hydrogen-bond acceptors (Lipinski definition) is 2. The molecule has 3 heteroatoms. The summed E-state index contributed by atoms with van der Waals surface area (Å²) in [6.07, 6.45) is 8.71. The highest BCUT2D eigenvalue weighted by Crippen LogP contribution is 2.21. The first kappa shape index (κ1) is 27.3. The highest BCUT2D eigenvalue weighted by atomic mass is 16.5. The summed E-state index contributed by atoms with van der Waals surface area (Å²) in [4.78, 5) is 0.